The molecule has 2 aliphatic rings. The fourth-order valence-electron chi connectivity index (χ4n) is 3.35. The van der Waals surface area contributed by atoms with Crippen LogP contribution in [0.3, 0.4) is 0 Å². The minimum absolute atomic E-state index is 0.0843. The van der Waals surface area contributed by atoms with E-state index in [1.807, 2.05) is 11.9 Å². The van der Waals surface area contributed by atoms with Gasteiger partial charge in [0, 0.05) is 13.6 Å². The average Bonchev–Trinajstić information content (AvgIpc) is 2.68. The summed E-state index contributed by atoms with van der Waals surface area (Å²) in [5, 5.41) is 3.41. The summed E-state index contributed by atoms with van der Waals surface area (Å²) in [6.45, 7) is 1.98. The van der Waals surface area contributed by atoms with Gasteiger partial charge in [0.05, 0.1) is 6.04 Å². The molecule has 1 atom stereocenters. The third kappa shape index (κ3) is 3.98. The topological polar surface area (TPSA) is 32.3 Å². The number of amides is 1. The Morgan fingerprint density at radius 2 is 1.72 bits per heavy atom. The summed E-state index contributed by atoms with van der Waals surface area (Å²) in [5.41, 5.74) is 0. The lowest BCUT2D eigenvalue weighted by molar-refractivity contribution is -0.133. The van der Waals surface area contributed by atoms with Gasteiger partial charge in [0.15, 0.2) is 0 Å². The maximum atomic E-state index is 12.4. The second-order valence-electron chi connectivity index (χ2n) is 6.08. The van der Waals surface area contributed by atoms with E-state index >= 15 is 0 Å². The zero-order valence-corrected chi connectivity index (χ0v) is 11.8. The van der Waals surface area contributed by atoms with E-state index in [1.165, 1.54) is 51.4 Å². The van der Waals surface area contributed by atoms with Crippen LogP contribution in [-0.4, -0.2) is 37.0 Å². The highest BCUT2D eigenvalue weighted by atomic mass is 16.2. The number of rotatable bonds is 3. The van der Waals surface area contributed by atoms with Crippen LogP contribution in [0.2, 0.25) is 0 Å². The van der Waals surface area contributed by atoms with Crippen molar-refractivity contribution in [2.75, 3.05) is 20.1 Å². The van der Waals surface area contributed by atoms with Gasteiger partial charge in [-0.05, 0) is 38.1 Å². The Hall–Kier alpha value is -0.570. The average molecular weight is 252 g/mol. The van der Waals surface area contributed by atoms with Crippen molar-refractivity contribution in [1.82, 2.24) is 10.2 Å². The highest BCUT2D eigenvalue weighted by Gasteiger charge is 2.24. The van der Waals surface area contributed by atoms with Crippen LogP contribution in [0.4, 0.5) is 0 Å². The van der Waals surface area contributed by atoms with E-state index < -0.39 is 0 Å². The van der Waals surface area contributed by atoms with Crippen LogP contribution in [-0.2, 0) is 4.79 Å². The van der Waals surface area contributed by atoms with Gasteiger partial charge in [-0.25, -0.2) is 0 Å². The van der Waals surface area contributed by atoms with E-state index in [4.69, 9.17) is 0 Å². The molecule has 1 aliphatic heterocycles. The number of hydrogen-bond donors (Lipinski definition) is 1. The van der Waals surface area contributed by atoms with Gasteiger partial charge in [-0.15, -0.1) is 0 Å². The number of nitrogens with zero attached hydrogens (tertiary/aromatic N) is 1. The first kappa shape index (κ1) is 13.9. The minimum atomic E-state index is 0.0843. The van der Waals surface area contributed by atoms with Crippen LogP contribution in [0.25, 0.3) is 0 Å². The molecule has 2 rings (SSSR count). The Morgan fingerprint density at radius 1 is 1.06 bits per heavy atom. The van der Waals surface area contributed by atoms with E-state index in [-0.39, 0.29) is 6.04 Å². The van der Waals surface area contributed by atoms with Crippen molar-refractivity contribution in [3.05, 3.63) is 0 Å². The summed E-state index contributed by atoms with van der Waals surface area (Å²) in [4.78, 5) is 14.4. The molecular weight excluding hydrogens is 224 g/mol. The summed E-state index contributed by atoms with van der Waals surface area (Å²) in [5.74, 6) is 1.07. The molecule has 1 aliphatic carbocycles. The lowest BCUT2D eigenvalue weighted by Crippen LogP contribution is -2.46. The molecule has 1 N–H and O–H groups in total. The van der Waals surface area contributed by atoms with Crippen LogP contribution in [0, 0.1) is 5.92 Å². The Bertz CT molecular complexity index is 253. The smallest absolute Gasteiger partial charge is 0.239 e. The first-order valence-electron chi connectivity index (χ1n) is 7.76. The highest BCUT2D eigenvalue weighted by molar-refractivity contribution is 5.81. The summed E-state index contributed by atoms with van der Waals surface area (Å²) in [6.07, 6.45) is 11.4. The van der Waals surface area contributed by atoms with Crippen LogP contribution < -0.4 is 5.32 Å². The van der Waals surface area contributed by atoms with Gasteiger partial charge < -0.3 is 10.2 Å². The molecule has 3 nitrogen and oxygen atoms in total. The monoisotopic (exact) mass is 252 g/mol. The van der Waals surface area contributed by atoms with Gasteiger partial charge in [0.25, 0.3) is 0 Å². The Kier molecular flexibility index (Phi) is 5.48. The van der Waals surface area contributed by atoms with Crippen LogP contribution in [0.1, 0.15) is 57.8 Å². The fraction of sp³-hybridized carbons (Fsp3) is 0.933. The van der Waals surface area contributed by atoms with E-state index in [2.05, 4.69) is 5.32 Å². The molecule has 0 bridgehead atoms. The van der Waals surface area contributed by atoms with Crippen molar-refractivity contribution in [3.8, 4) is 0 Å². The molecule has 2 fully saturated rings. The number of nitrogens with one attached hydrogen (secondary N) is 1. The molecule has 1 unspecified atom stereocenters. The SMILES string of the molecule is CN(CC1CCCCC1)C(=O)C1CCCCCN1. The van der Waals surface area contributed by atoms with E-state index in [1.54, 1.807) is 0 Å². The van der Waals surface area contributed by atoms with Gasteiger partial charge in [0.1, 0.15) is 0 Å². The Labute approximate surface area is 111 Å². The highest BCUT2D eigenvalue weighted by Crippen LogP contribution is 2.24. The lowest BCUT2D eigenvalue weighted by atomic mass is 9.89. The number of hydrogen-bond acceptors (Lipinski definition) is 2. The molecule has 3 heteroatoms. The largest absolute Gasteiger partial charge is 0.344 e. The molecule has 1 saturated carbocycles. The zero-order chi connectivity index (χ0) is 12.8. The normalized spacial score (nSPS) is 26.6. The van der Waals surface area contributed by atoms with Crippen molar-refractivity contribution < 1.29 is 4.79 Å². The van der Waals surface area contributed by atoms with Gasteiger partial charge in [0.2, 0.25) is 5.91 Å². The molecule has 18 heavy (non-hydrogen) atoms. The van der Waals surface area contributed by atoms with Gasteiger partial charge >= 0.3 is 0 Å². The van der Waals surface area contributed by atoms with Crippen LogP contribution in [0.5, 0.6) is 0 Å². The first-order chi connectivity index (χ1) is 8.77. The lowest BCUT2D eigenvalue weighted by Gasteiger charge is -2.29. The molecular formula is C15H28N2O. The summed E-state index contributed by atoms with van der Waals surface area (Å²) >= 11 is 0. The van der Waals surface area contributed by atoms with E-state index in [9.17, 15) is 4.79 Å². The summed E-state index contributed by atoms with van der Waals surface area (Å²) < 4.78 is 0. The van der Waals surface area contributed by atoms with Crippen molar-refractivity contribution in [2.24, 2.45) is 5.92 Å². The minimum Gasteiger partial charge on any atom is -0.344 e. The molecule has 1 amide bonds. The predicted molar refractivity (Wildman–Crippen MR) is 74.5 cm³/mol. The third-order valence-electron chi connectivity index (χ3n) is 4.49. The third-order valence-corrected chi connectivity index (χ3v) is 4.49. The second kappa shape index (κ2) is 7.13. The Morgan fingerprint density at radius 3 is 2.50 bits per heavy atom. The quantitative estimate of drug-likeness (QED) is 0.837. The molecule has 1 heterocycles. The van der Waals surface area contributed by atoms with Crippen molar-refractivity contribution in [3.63, 3.8) is 0 Å². The second-order valence-corrected chi connectivity index (χ2v) is 6.08. The zero-order valence-electron chi connectivity index (χ0n) is 11.8. The summed E-state index contributed by atoms with van der Waals surface area (Å²) in [7, 11) is 1.99. The van der Waals surface area contributed by atoms with Crippen LogP contribution in [0.15, 0.2) is 0 Å². The molecule has 0 radical (unpaired) electrons. The maximum absolute atomic E-state index is 12.4. The standard InChI is InChI=1S/C15H28N2O/c1-17(12-13-8-4-2-5-9-13)15(18)14-10-6-3-7-11-16-14/h13-14,16H,2-12H2,1H3. The molecule has 1 saturated heterocycles. The maximum Gasteiger partial charge on any atom is 0.239 e. The van der Waals surface area contributed by atoms with Gasteiger partial charge in [-0.1, -0.05) is 32.1 Å². The first-order valence-corrected chi connectivity index (χ1v) is 7.76. The summed E-state index contributed by atoms with van der Waals surface area (Å²) in [6, 6.07) is 0.0843. The fourth-order valence-corrected chi connectivity index (χ4v) is 3.35. The number of likely N-dealkylation sites (N-methyl/N-ethyl adjacent to an activating group) is 1. The predicted octanol–water partition coefficient (Wildman–Crippen LogP) is 2.56. The van der Waals surface area contributed by atoms with Crippen molar-refractivity contribution in [2.45, 2.75) is 63.8 Å². The van der Waals surface area contributed by atoms with E-state index in [0.717, 1.165) is 25.4 Å². The Balaban J connectivity index is 1.79. The van der Waals surface area contributed by atoms with Crippen LogP contribution >= 0.6 is 0 Å². The molecule has 0 aromatic carbocycles. The molecule has 0 aromatic rings. The molecule has 0 spiro atoms. The molecule has 104 valence electrons. The number of carbonyl (C=O) groups is 1. The van der Waals surface area contributed by atoms with Crippen molar-refractivity contribution in [1.29, 1.82) is 0 Å². The van der Waals surface area contributed by atoms with Crippen molar-refractivity contribution >= 4 is 5.91 Å². The van der Waals surface area contributed by atoms with Gasteiger partial charge in [-0.3, -0.25) is 4.79 Å². The number of carbonyl (C=O) groups excluding carboxylic acids is 1. The molecule has 0 aromatic heterocycles. The van der Waals surface area contributed by atoms with E-state index in [0.29, 0.717) is 5.91 Å². The van der Waals surface area contributed by atoms with Gasteiger partial charge in [-0.2, -0.15) is 0 Å².